The molecule has 0 bridgehead atoms. The number of nitrogens with two attached hydrogens (primary N) is 1. The Morgan fingerprint density at radius 1 is 0.941 bits per heavy atom. The number of rotatable bonds is 6. The van der Waals surface area contributed by atoms with Gasteiger partial charge in [-0.25, -0.2) is 0 Å². The quantitative estimate of drug-likeness (QED) is 0.568. The van der Waals surface area contributed by atoms with Crippen LogP contribution in [0.2, 0.25) is 0 Å². The average molecular weight is 251 g/mol. The molecule has 0 saturated heterocycles. The zero-order valence-electron chi connectivity index (χ0n) is 11.3. The minimum atomic E-state index is 0.921. The third-order valence-electron chi connectivity index (χ3n) is 3.16. The summed E-state index contributed by atoms with van der Waals surface area (Å²) in [6.45, 7) is 6.62. The molecular weight excluding hydrogens is 226 g/mol. The van der Waals surface area contributed by atoms with Crippen LogP contribution in [0.15, 0.2) is 11.0 Å². The fourth-order valence-corrected chi connectivity index (χ4v) is 2.66. The second-order valence-electron chi connectivity index (χ2n) is 4.69. The summed E-state index contributed by atoms with van der Waals surface area (Å²) in [5, 5.41) is 0. The van der Waals surface area contributed by atoms with E-state index in [1.54, 1.807) is 0 Å². The second kappa shape index (κ2) is 6.95. The zero-order chi connectivity index (χ0) is 12.8. The van der Waals surface area contributed by atoms with Crippen molar-refractivity contribution in [1.29, 1.82) is 0 Å². The topological polar surface area (TPSA) is 26.0 Å². The molecule has 0 saturated carbocycles. The van der Waals surface area contributed by atoms with E-state index in [2.05, 4.69) is 39.5 Å². The molecule has 1 rings (SSSR count). The van der Waals surface area contributed by atoms with Gasteiger partial charge < -0.3 is 5.73 Å². The molecule has 0 unspecified atom stereocenters. The van der Waals surface area contributed by atoms with Crippen molar-refractivity contribution in [2.24, 2.45) is 0 Å². The summed E-state index contributed by atoms with van der Waals surface area (Å²) in [4.78, 5) is 1.01. The zero-order valence-corrected chi connectivity index (χ0v) is 12.2. The van der Waals surface area contributed by atoms with Gasteiger partial charge in [0, 0.05) is 10.6 Å². The van der Waals surface area contributed by atoms with Gasteiger partial charge in [-0.2, -0.15) is 0 Å². The van der Waals surface area contributed by atoms with Gasteiger partial charge in [-0.15, -0.1) is 12.6 Å². The minimum absolute atomic E-state index is 0.921. The van der Waals surface area contributed by atoms with Crippen molar-refractivity contribution in [3.63, 3.8) is 0 Å². The predicted octanol–water partition coefficient (Wildman–Crippen LogP) is 4.42. The van der Waals surface area contributed by atoms with Crippen molar-refractivity contribution < 1.29 is 0 Å². The van der Waals surface area contributed by atoms with Crippen LogP contribution in [0, 0.1) is 0 Å². The molecule has 0 atom stereocenters. The van der Waals surface area contributed by atoms with Crippen LogP contribution in [-0.2, 0) is 19.3 Å². The highest BCUT2D eigenvalue weighted by molar-refractivity contribution is 7.80. The number of hydrogen-bond donors (Lipinski definition) is 2. The number of hydrogen-bond acceptors (Lipinski definition) is 2. The third-order valence-corrected chi connectivity index (χ3v) is 3.69. The first-order valence-electron chi connectivity index (χ1n) is 6.77. The number of aryl methyl sites for hydroxylation is 2. The monoisotopic (exact) mass is 251 g/mol. The standard InChI is InChI=1S/C15H25NS/c1-4-7-11-10-12(8-5-2)15(17)14(16)13(11)9-6-3/h10,17H,4-9,16H2,1-3H3. The van der Waals surface area contributed by atoms with Crippen molar-refractivity contribution >= 4 is 18.3 Å². The van der Waals surface area contributed by atoms with Crippen LogP contribution in [0.5, 0.6) is 0 Å². The second-order valence-corrected chi connectivity index (χ2v) is 5.13. The lowest BCUT2D eigenvalue weighted by Crippen LogP contribution is -2.04. The summed E-state index contributed by atoms with van der Waals surface area (Å²) >= 11 is 4.60. The van der Waals surface area contributed by atoms with Gasteiger partial charge in [0.2, 0.25) is 0 Å². The highest BCUT2D eigenvalue weighted by Crippen LogP contribution is 2.31. The molecule has 0 aliphatic rings. The number of thiol groups is 1. The SMILES string of the molecule is CCCc1cc(CCC)c(CCC)c(N)c1S. The van der Waals surface area contributed by atoms with Crippen LogP contribution < -0.4 is 5.73 Å². The molecule has 0 radical (unpaired) electrons. The molecule has 1 aromatic rings. The van der Waals surface area contributed by atoms with Gasteiger partial charge in [0.15, 0.2) is 0 Å². The maximum atomic E-state index is 6.25. The smallest absolute Gasteiger partial charge is 0.0487 e. The molecule has 1 aromatic carbocycles. The molecule has 0 heterocycles. The lowest BCUT2D eigenvalue weighted by atomic mass is 9.94. The van der Waals surface area contributed by atoms with Gasteiger partial charge in [-0.3, -0.25) is 0 Å². The summed E-state index contributed by atoms with van der Waals surface area (Å²) in [6, 6.07) is 2.33. The van der Waals surface area contributed by atoms with Gasteiger partial charge in [0.05, 0.1) is 0 Å². The van der Waals surface area contributed by atoms with Crippen molar-refractivity contribution in [3.8, 4) is 0 Å². The van der Waals surface area contributed by atoms with E-state index >= 15 is 0 Å². The maximum Gasteiger partial charge on any atom is 0.0487 e. The van der Waals surface area contributed by atoms with Crippen molar-refractivity contribution in [2.45, 2.75) is 64.2 Å². The Bertz CT molecular complexity index is 372. The normalized spacial score (nSPS) is 10.8. The van der Waals surface area contributed by atoms with Gasteiger partial charge in [-0.1, -0.05) is 46.1 Å². The molecule has 0 amide bonds. The first-order valence-corrected chi connectivity index (χ1v) is 7.22. The first-order chi connectivity index (χ1) is 8.15. The summed E-state index contributed by atoms with van der Waals surface area (Å²) < 4.78 is 0. The van der Waals surface area contributed by atoms with E-state index in [1.165, 1.54) is 23.1 Å². The highest BCUT2D eigenvalue weighted by atomic mass is 32.1. The highest BCUT2D eigenvalue weighted by Gasteiger charge is 2.12. The van der Waals surface area contributed by atoms with E-state index in [-0.39, 0.29) is 0 Å². The molecule has 96 valence electrons. The number of benzene rings is 1. The molecule has 0 fully saturated rings. The molecule has 0 aliphatic carbocycles. The van der Waals surface area contributed by atoms with E-state index in [0.717, 1.165) is 42.7 Å². The maximum absolute atomic E-state index is 6.25. The Hall–Kier alpha value is -0.630. The largest absolute Gasteiger partial charge is 0.398 e. The van der Waals surface area contributed by atoms with Crippen LogP contribution in [0.3, 0.4) is 0 Å². The fourth-order valence-electron chi connectivity index (χ4n) is 2.35. The molecule has 0 aromatic heterocycles. The molecule has 2 N–H and O–H groups in total. The first kappa shape index (κ1) is 14.4. The molecule has 1 nitrogen and oxygen atoms in total. The van der Waals surface area contributed by atoms with Gasteiger partial charge in [0.25, 0.3) is 0 Å². The Morgan fingerprint density at radius 2 is 1.47 bits per heavy atom. The number of anilines is 1. The number of nitrogen functional groups attached to an aromatic ring is 1. The average Bonchev–Trinajstić information content (AvgIpc) is 2.31. The molecule has 2 heteroatoms. The molecular formula is C15H25NS. The van der Waals surface area contributed by atoms with Gasteiger partial charge in [0.1, 0.15) is 0 Å². The summed E-state index contributed by atoms with van der Waals surface area (Å²) in [5.74, 6) is 0. The van der Waals surface area contributed by atoms with Gasteiger partial charge >= 0.3 is 0 Å². The van der Waals surface area contributed by atoms with Crippen molar-refractivity contribution in [3.05, 3.63) is 22.8 Å². The van der Waals surface area contributed by atoms with E-state index in [4.69, 9.17) is 5.73 Å². The van der Waals surface area contributed by atoms with Crippen LogP contribution >= 0.6 is 12.6 Å². The van der Waals surface area contributed by atoms with Crippen LogP contribution in [0.1, 0.15) is 56.7 Å². The summed E-state index contributed by atoms with van der Waals surface area (Å²) in [5.41, 5.74) is 11.3. The predicted molar refractivity (Wildman–Crippen MR) is 80.1 cm³/mol. The van der Waals surface area contributed by atoms with Crippen LogP contribution in [0.4, 0.5) is 5.69 Å². The van der Waals surface area contributed by atoms with Crippen molar-refractivity contribution in [2.75, 3.05) is 5.73 Å². The van der Waals surface area contributed by atoms with E-state index in [0.29, 0.717) is 0 Å². The molecule has 17 heavy (non-hydrogen) atoms. The van der Waals surface area contributed by atoms with Crippen LogP contribution in [-0.4, -0.2) is 0 Å². The minimum Gasteiger partial charge on any atom is -0.398 e. The third kappa shape index (κ3) is 3.41. The Balaban J connectivity index is 3.23. The van der Waals surface area contributed by atoms with Gasteiger partial charge in [-0.05, 0) is 36.0 Å². The van der Waals surface area contributed by atoms with E-state index in [1.807, 2.05) is 0 Å². The summed E-state index contributed by atoms with van der Waals surface area (Å²) in [6.07, 6.45) is 6.73. The molecule has 0 aliphatic heterocycles. The van der Waals surface area contributed by atoms with E-state index in [9.17, 15) is 0 Å². The Labute approximate surface area is 111 Å². The lowest BCUT2D eigenvalue weighted by molar-refractivity contribution is 0.841. The molecule has 0 spiro atoms. The Morgan fingerprint density at radius 3 is 2.00 bits per heavy atom. The fraction of sp³-hybridized carbons (Fsp3) is 0.600. The van der Waals surface area contributed by atoms with E-state index < -0.39 is 0 Å². The summed E-state index contributed by atoms with van der Waals surface area (Å²) in [7, 11) is 0. The Kier molecular flexibility index (Phi) is 5.90. The van der Waals surface area contributed by atoms with Crippen LogP contribution in [0.25, 0.3) is 0 Å². The van der Waals surface area contributed by atoms with Crippen molar-refractivity contribution in [1.82, 2.24) is 0 Å². The lowest BCUT2D eigenvalue weighted by Gasteiger charge is -2.17.